The van der Waals surface area contributed by atoms with Gasteiger partial charge in [0.25, 0.3) is 0 Å². The molecule has 0 aromatic rings. The molecule has 0 radical (unpaired) electrons. The molecule has 0 bridgehead atoms. The van der Waals surface area contributed by atoms with Crippen LogP contribution in [-0.2, 0) is 9.53 Å². The molecule has 4 nitrogen and oxygen atoms in total. The lowest BCUT2D eigenvalue weighted by Gasteiger charge is -2.23. The Hall–Kier alpha value is -0.610. The largest absolute Gasteiger partial charge is 0.480 e. The Bertz CT molecular complexity index is 200. The van der Waals surface area contributed by atoms with E-state index in [1.54, 1.807) is 0 Å². The quantitative estimate of drug-likeness (QED) is 0.723. The van der Waals surface area contributed by atoms with Gasteiger partial charge < -0.3 is 9.84 Å². The van der Waals surface area contributed by atoms with Gasteiger partial charge in [-0.1, -0.05) is 13.8 Å². The molecule has 0 saturated carbocycles. The molecule has 4 heteroatoms. The van der Waals surface area contributed by atoms with E-state index in [0.29, 0.717) is 19.1 Å². The van der Waals surface area contributed by atoms with Crippen molar-refractivity contribution < 1.29 is 14.6 Å². The van der Waals surface area contributed by atoms with Gasteiger partial charge >= 0.3 is 5.97 Å². The van der Waals surface area contributed by atoms with Crippen LogP contribution in [-0.4, -0.2) is 48.3 Å². The maximum atomic E-state index is 11.0. The van der Waals surface area contributed by atoms with Crippen LogP contribution in [0.15, 0.2) is 0 Å². The summed E-state index contributed by atoms with van der Waals surface area (Å²) in [5, 5.41) is 9.08. The Kier molecular flexibility index (Phi) is 5.05. The van der Waals surface area contributed by atoms with Gasteiger partial charge in [0.1, 0.15) is 6.04 Å². The van der Waals surface area contributed by atoms with E-state index in [0.717, 1.165) is 25.9 Å². The number of carbonyl (C=O) groups is 1. The summed E-state index contributed by atoms with van der Waals surface area (Å²) in [4.78, 5) is 13.0. The number of carboxylic acid groups (broad SMARTS) is 1. The smallest absolute Gasteiger partial charge is 0.323 e. The topological polar surface area (TPSA) is 49.8 Å². The number of carboxylic acids is 1. The Morgan fingerprint density at radius 3 is 2.40 bits per heavy atom. The molecular formula is C11H21NO3. The van der Waals surface area contributed by atoms with Crippen LogP contribution < -0.4 is 0 Å². The first-order valence-electron chi connectivity index (χ1n) is 5.66. The number of likely N-dealkylation sites (tertiary alicyclic amines) is 1. The summed E-state index contributed by atoms with van der Waals surface area (Å²) in [6.45, 7) is 6.85. The molecular weight excluding hydrogens is 194 g/mol. The third-order valence-corrected chi connectivity index (χ3v) is 2.59. The fourth-order valence-electron chi connectivity index (χ4n) is 1.80. The van der Waals surface area contributed by atoms with E-state index in [4.69, 9.17) is 9.84 Å². The second kappa shape index (κ2) is 6.08. The predicted octanol–water partition coefficient (Wildman–Crippen LogP) is 1.21. The summed E-state index contributed by atoms with van der Waals surface area (Å²) in [6, 6.07) is -0.453. The summed E-state index contributed by atoms with van der Waals surface area (Å²) >= 11 is 0. The number of aliphatic carboxylic acids is 1. The first-order valence-corrected chi connectivity index (χ1v) is 5.66. The van der Waals surface area contributed by atoms with Crippen molar-refractivity contribution in [3.05, 3.63) is 0 Å². The zero-order valence-electron chi connectivity index (χ0n) is 9.61. The van der Waals surface area contributed by atoms with Crippen molar-refractivity contribution in [2.24, 2.45) is 5.92 Å². The van der Waals surface area contributed by atoms with Crippen LogP contribution in [0.2, 0.25) is 0 Å². The van der Waals surface area contributed by atoms with Gasteiger partial charge in [-0.05, 0) is 31.8 Å². The minimum atomic E-state index is -0.763. The number of ether oxygens (including phenoxy) is 1. The number of rotatable bonds is 6. The molecule has 0 amide bonds. The van der Waals surface area contributed by atoms with Crippen molar-refractivity contribution in [3.8, 4) is 0 Å². The van der Waals surface area contributed by atoms with E-state index >= 15 is 0 Å². The van der Waals surface area contributed by atoms with E-state index in [9.17, 15) is 4.79 Å². The zero-order valence-corrected chi connectivity index (χ0v) is 9.61. The fourth-order valence-corrected chi connectivity index (χ4v) is 1.80. The molecule has 0 spiro atoms. The molecule has 88 valence electrons. The van der Waals surface area contributed by atoms with Gasteiger partial charge in [0, 0.05) is 6.61 Å². The minimum absolute atomic E-state index is 0.313. The van der Waals surface area contributed by atoms with Gasteiger partial charge in [-0.15, -0.1) is 0 Å². The summed E-state index contributed by atoms with van der Waals surface area (Å²) < 4.78 is 5.41. The van der Waals surface area contributed by atoms with Crippen molar-refractivity contribution in [3.63, 3.8) is 0 Å². The Morgan fingerprint density at radius 2 is 1.93 bits per heavy atom. The van der Waals surface area contributed by atoms with Crippen LogP contribution >= 0.6 is 0 Å². The molecule has 1 atom stereocenters. The van der Waals surface area contributed by atoms with Crippen molar-refractivity contribution >= 4 is 5.97 Å². The van der Waals surface area contributed by atoms with E-state index in [1.807, 2.05) is 4.90 Å². The lowest BCUT2D eigenvalue weighted by molar-refractivity contribution is -0.145. The van der Waals surface area contributed by atoms with Crippen molar-refractivity contribution in [1.82, 2.24) is 4.90 Å². The molecule has 1 unspecified atom stereocenters. The standard InChI is InChI=1S/C11H21NO3/c1-9(2)7-15-8-10(11(13)14)12-5-3-4-6-12/h9-10H,3-8H2,1-2H3,(H,13,14). The predicted molar refractivity (Wildman–Crippen MR) is 57.9 cm³/mol. The highest BCUT2D eigenvalue weighted by Crippen LogP contribution is 2.12. The molecule has 1 aliphatic heterocycles. The third-order valence-electron chi connectivity index (χ3n) is 2.59. The van der Waals surface area contributed by atoms with E-state index in [2.05, 4.69) is 13.8 Å². The monoisotopic (exact) mass is 215 g/mol. The first kappa shape index (κ1) is 12.5. The van der Waals surface area contributed by atoms with E-state index in [1.165, 1.54) is 0 Å². The zero-order chi connectivity index (χ0) is 11.3. The summed E-state index contributed by atoms with van der Waals surface area (Å²) in [7, 11) is 0. The highest BCUT2D eigenvalue weighted by molar-refractivity contribution is 5.73. The van der Waals surface area contributed by atoms with Crippen LogP contribution in [0.25, 0.3) is 0 Å². The Labute approximate surface area is 91.2 Å². The van der Waals surface area contributed by atoms with Gasteiger partial charge in [0.05, 0.1) is 6.61 Å². The third kappa shape index (κ3) is 4.18. The summed E-state index contributed by atoms with van der Waals surface area (Å²) in [6.07, 6.45) is 2.21. The SMILES string of the molecule is CC(C)COCC(C(=O)O)N1CCCC1. The van der Waals surface area contributed by atoms with Gasteiger partial charge in [-0.2, -0.15) is 0 Å². The Morgan fingerprint density at radius 1 is 1.33 bits per heavy atom. The minimum Gasteiger partial charge on any atom is -0.480 e. The normalized spacial score (nSPS) is 19.7. The summed E-state index contributed by atoms with van der Waals surface area (Å²) in [5.74, 6) is -0.307. The molecule has 1 aliphatic rings. The fraction of sp³-hybridized carbons (Fsp3) is 0.909. The van der Waals surface area contributed by atoms with Gasteiger partial charge in [-0.25, -0.2) is 0 Å². The van der Waals surface area contributed by atoms with Gasteiger partial charge in [-0.3, -0.25) is 9.69 Å². The molecule has 0 aromatic carbocycles. The molecule has 1 fully saturated rings. The maximum Gasteiger partial charge on any atom is 0.323 e. The average molecular weight is 215 g/mol. The molecule has 1 rings (SSSR count). The second-order valence-electron chi connectivity index (χ2n) is 4.53. The number of hydrogen-bond donors (Lipinski definition) is 1. The maximum absolute atomic E-state index is 11.0. The Balaban J connectivity index is 2.33. The molecule has 1 heterocycles. The molecule has 0 aromatic heterocycles. The van der Waals surface area contributed by atoms with Crippen molar-refractivity contribution in [2.45, 2.75) is 32.7 Å². The average Bonchev–Trinajstić information content (AvgIpc) is 2.63. The van der Waals surface area contributed by atoms with Crippen molar-refractivity contribution in [2.75, 3.05) is 26.3 Å². The van der Waals surface area contributed by atoms with Crippen molar-refractivity contribution in [1.29, 1.82) is 0 Å². The molecule has 1 saturated heterocycles. The highest BCUT2D eigenvalue weighted by atomic mass is 16.5. The number of nitrogens with zero attached hydrogens (tertiary/aromatic N) is 1. The highest BCUT2D eigenvalue weighted by Gasteiger charge is 2.27. The van der Waals surface area contributed by atoms with E-state index in [-0.39, 0.29) is 0 Å². The van der Waals surface area contributed by atoms with Crippen LogP contribution in [0.3, 0.4) is 0 Å². The van der Waals surface area contributed by atoms with Gasteiger partial charge in [0.15, 0.2) is 0 Å². The van der Waals surface area contributed by atoms with Crippen LogP contribution in [0, 0.1) is 5.92 Å². The summed E-state index contributed by atoms with van der Waals surface area (Å²) in [5.41, 5.74) is 0. The lowest BCUT2D eigenvalue weighted by Crippen LogP contribution is -2.42. The van der Waals surface area contributed by atoms with Crippen LogP contribution in [0.5, 0.6) is 0 Å². The molecule has 1 N–H and O–H groups in total. The second-order valence-corrected chi connectivity index (χ2v) is 4.53. The molecule has 0 aliphatic carbocycles. The molecule has 15 heavy (non-hydrogen) atoms. The number of hydrogen-bond acceptors (Lipinski definition) is 3. The van der Waals surface area contributed by atoms with Crippen LogP contribution in [0.1, 0.15) is 26.7 Å². The van der Waals surface area contributed by atoms with Gasteiger partial charge in [0.2, 0.25) is 0 Å². The lowest BCUT2D eigenvalue weighted by atomic mass is 10.2. The first-order chi connectivity index (χ1) is 7.11. The van der Waals surface area contributed by atoms with Crippen LogP contribution in [0.4, 0.5) is 0 Å². The van der Waals surface area contributed by atoms with E-state index < -0.39 is 12.0 Å².